The summed E-state index contributed by atoms with van der Waals surface area (Å²) >= 11 is 1.56. The van der Waals surface area contributed by atoms with Crippen LogP contribution in [0.2, 0.25) is 0 Å². The van der Waals surface area contributed by atoms with Crippen LogP contribution < -0.4 is 11.1 Å². The van der Waals surface area contributed by atoms with Crippen molar-refractivity contribution in [1.29, 1.82) is 0 Å². The lowest BCUT2D eigenvalue weighted by Crippen LogP contribution is -2.13. The number of nitrogen functional groups attached to an aromatic ring is 1. The van der Waals surface area contributed by atoms with Gasteiger partial charge in [0, 0.05) is 17.3 Å². The summed E-state index contributed by atoms with van der Waals surface area (Å²) in [6.45, 7) is 4.23. The molecule has 0 aromatic carbocycles. The number of nitrogens with one attached hydrogen (secondary N) is 1. The van der Waals surface area contributed by atoms with Crippen molar-refractivity contribution in [3.8, 4) is 0 Å². The van der Waals surface area contributed by atoms with Crippen molar-refractivity contribution in [3.63, 3.8) is 0 Å². The van der Waals surface area contributed by atoms with Crippen molar-refractivity contribution >= 4 is 22.3 Å². The topological polar surface area (TPSA) is 64.3 Å². The third-order valence-electron chi connectivity index (χ3n) is 3.69. The van der Waals surface area contributed by atoms with Crippen LogP contribution in [0.3, 0.4) is 0 Å². The Morgan fingerprint density at radius 2 is 2.41 bits per heavy atom. The highest BCUT2D eigenvalue weighted by atomic mass is 32.1. The van der Waals surface area contributed by atoms with E-state index in [-0.39, 0.29) is 5.97 Å². The minimum absolute atomic E-state index is 0.255. The van der Waals surface area contributed by atoms with Crippen LogP contribution in [0, 0.1) is 5.92 Å². The number of anilines is 1. The molecule has 92 valence electrons. The molecule has 1 saturated heterocycles. The highest BCUT2D eigenvalue weighted by Crippen LogP contribution is 2.48. The van der Waals surface area contributed by atoms with Crippen LogP contribution in [-0.4, -0.2) is 25.7 Å². The van der Waals surface area contributed by atoms with E-state index in [2.05, 4.69) is 5.32 Å². The van der Waals surface area contributed by atoms with Crippen molar-refractivity contribution < 1.29 is 9.53 Å². The van der Waals surface area contributed by atoms with Crippen LogP contribution in [0.5, 0.6) is 0 Å². The second kappa shape index (κ2) is 3.99. The first kappa shape index (κ1) is 11.0. The van der Waals surface area contributed by atoms with Crippen LogP contribution in [-0.2, 0) is 11.2 Å². The van der Waals surface area contributed by atoms with E-state index in [1.807, 2.05) is 6.92 Å². The van der Waals surface area contributed by atoms with E-state index in [1.165, 1.54) is 10.4 Å². The van der Waals surface area contributed by atoms with Crippen molar-refractivity contribution in [2.24, 2.45) is 5.92 Å². The zero-order chi connectivity index (χ0) is 12.0. The molecule has 0 amide bonds. The lowest BCUT2D eigenvalue weighted by molar-refractivity contribution is 0.0526. The predicted molar refractivity (Wildman–Crippen MR) is 67.5 cm³/mol. The SMILES string of the molecule is CCOC(=O)c1c(N)sc2c1C1CNCC1C2. The van der Waals surface area contributed by atoms with Gasteiger partial charge in [-0.2, -0.15) is 0 Å². The molecule has 2 unspecified atom stereocenters. The molecule has 2 heterocycles. The number of ether oxygens (including phenoxy) is 1. The first-order valence-corrected chi connectivity index (χ1v) is 6.82. The van der Waals surface area contributed by atoms with E-state index in [4.69, 9.17) is 10.5 Å². The molecule has 0 bridgehead atoms. The van der Waals surface area contributed by atoms with Gasteiger partial charge in [0.2, 0.25) is 0 Å². The molecule has 4 nitrogen and oxygen atoms in total. The zero-order valence-corrected chi connectivity index (χ0v) is 10.6. The van der Waals surface area contributed by atoms with Crippen molar-refractivity contribution in [1.82, 2.24) is 5.32 Å². The average molecular weight is 252 g/mol. The largest absolute Gasteiger partial charge is 0.462 e. The summed E-state index contributed by atoms with van der Waals surface area (Å²) in [4.78, 5) is 13.3. The van der Waals surface area contributed by atoms with E-state index in [0.29, 0.717) is 29.0 Å². The second-order valence-electron chi connectivity index (χ2n) is 4.63. The lowest BCUT2D eigenvalue weighted by Gasteiger charge is -2.11. The number of carbonyl (C=O) groups is 1. The highest BCUT2D eigenvalue weighted by Gasteiger charge is 2.41. The number of hydrogen-bond donors (Lipinski definition) is 2. The number of nitrogens with two attached hydrogens (primary N) is 1. The summed E-state index contributed by atoms with van der Waals surface area (Å²) in [5.41, 5.74) is 7.77. The molecule has 3 N–H and O–H groups in total. The average Bonchev–Trinajstić information content (AvgIpc) is 2.88. The Kier molecular flexibility index (Phi) is 2.60. The van der Waals surface area contributed by atoms with Crippen LogP contribution in [0.4, 0.5) is 5.00 Å². The third-order valence-corrected chi connectivity index (χ3v) is 4.74. The van der Waals surface area contributed by atoms with E-state index >= 15 is 0 Å². The van der Waals surface area contributed by atoms with Crippen molar-refractivity contribution in [2.75, 3.05) is 25.4 Å². The monoisotopic (exact) mass is 252 g/mol. The Bertz CT molecular complexity index is 469. The lowest BCUT2D eigenvalue weighted by atomic mass is 9.94. The summed E-state index contributed by atoms with van der Waals surface area (Å²) < 4.78 is 5.11. The Labute approximate surface area is 104 Å². The van der Waals surface area contributed by atoms with E-state index in [0.717, 1.165) is 19.5 Å². The van der Waals surface area contributed by atoms with Gasteiger partial charge in [0.1, 0.15) is 5.00 Å². The van der Waals surface area contributed by atoms with Gasteiger partial charge in [-0.25, -0.2) is 4.79 Å². The number of rotatable bonds is 2. The molecule has 2 aliphatic rings. The van der Waals surface area contributed by atoms with Gasteiger partial charge in [0.15, 0.2) is 0 Å². The predicted octanol–water partition coefficient (Wildman–Crippen LogP) is 1.37. The van der Waals surface area contributed by atoms with Gasteiger partial charge in [-0.05, 0) is 31.4 Å². The number of esters is 1. The zero-order valence-electron chi connectivity index (χ0n) is 9.79. The fraction of sp³-hybridized carbons (Fsp3) is 0.583. The third kappa shape index (κ3) is 1.57. The highest BCUT2D eigenvalue weighted by molar-refractivity contribution is 7.16. The Balaban J connectivity index is 2.02. The van der Waals surface area contributed by atoms with Gasteiger partial charge in [-0.3, -0.25) is 0 Å². The maximum atomic E-state index is 12.0. The van der Waals surface area contributed by atoms with Gasteiger partial charge in [-0.15, -0.1) is 11.3 Å². The van der Waals surface area contributed by atoms with E-state index in [1.54, 1.807) is 11.3 Å². The minimum atomic E-state index is -0.255. The molecule has 0 spiro atoms. The fourth-order valence-corrected chi connectivity index (χ4v) is 4.21. The number of thiophene rings is 1. The Hall–Kier alpha value is -1.07. The van der Waals surface area contributed by atoms with Crippen LogP contribution in [0.15, 0.2) is 0 Å². The van der Waals surface area contributed by atoms with E-state index in [9.17, 15) is 4.79 Å². The molecule has 3 rings (SSSR count). The molecular formula is C12H16N2O2S. The number of fused-ring (bicyclic) bond motifs is 3. The smallest absolute Gasteiger partial charge is 0.341 e. The molecular weight excluding hydrogens is 236 g/mol. The normalized spacial score (nSPS) is 25.7. The molecule has 5 heteroatoms. The van der Waals surface area contributed by atoms with Crippen LogP contribution in [0.1, 0.15) is 33.6 Å². The van der Waals surface area contributed by atoms with Gasteiger partial charge in [0.05, 0.1) is 12.2 Å². The van der Waals surface area contributed by atoms with Gasteiger partial charge in [-0.1, -0.05) is 0 Å². The molecule has 17 heavy (non-hydrogen) atoms. The molecule has 0 saturated carbocycles. The van der Waals surface area contributed by atoms with Gasteiger partial charge in [0.25, 0.3) is 0 Å². The van der Waals surface area contributed by atoms with Crippen LogP contribution >= 0.6 is 11.3 Å². The van der Waals surface area contributed by atoms with E-state index < -0.39 is 0 Å². The molecule has 1 aliphatic carbocycles. The standard InChI is InChI=1S/C12H16N2O2S/c1-2-16-12(15)10-9-7-5-14-4-6(7)3-8(9)17-11(10)13/h6-7,14H,2-5,13H2,1H3. The maximum absolute atomic E-state index is 12.0. The van der Waals surface area contributed by atoms with Gasteiger partial charge < -0.3 is 15.8 Å². The summed E-state index contributed by atoms with van der Waals surface area (Å²) in [5.74, 6) is 0.845. The fourth-order valence-electron chi connectivity index (χ4n) is 2.99. The molecule has 1 aliphatic heterocycles. The summed E-state index contributed by atoms with van der Waals surface area (Å²) in [6.07, 6.45) is 1.06. The Morgan fingerprint density at radius 1 is 1.59 bits per heavy atom. The quantitative estimate of drug-likeness (QED) is 0.780. The number of hydrogen-bond acceptors (Lipinski definition) is 5. The Morgan fingerprint density at radius 3 is 3.18 bits per heavy atom. The van der Waals surface area contributed by atoms with Gasteiger partial charge >= 0.3 is 5.97 Å². The summed E-state index contributed by atoms with van der Waals surface area (Å²) in [7, 11) is 0. The maximum Gasteiger partial charge on any atom is 0.341 e. The minimum Gasteiger partial charge on any atom is -0.462 e. The number of carbonyl (C=O) groups excluding carboxylic acids is 1. The van der Waals surface area contributed by atoms with Crippen molar-refractivity contribution in [3.05, 3.63) is 16.0 Å². The first-order chi connectivity index (χ1) is 8.22. The molecule has 1 fully saturated rings. The molecule has 0 radical (unpaired) electrons. The molecule has 1 aromatic heterocycles. The summed E-state index contributed by atoms with van der Waals surface area (Å²) in [6, 6.07) is 0. The second-order valence-corrected chi connectivity index (χ2v) is 5.76. The summed E-state index contributed by atoms with van der Waals surface area (Å²) in [5, 5.41) is 4.01. The van der Waals surface area contributed by atoms with Crippen LogP contribution in [0.25, 0.3) is 0 Å². The first-order valence-electron chi connectivity index (χ1n) is 6.01. The van der Waals surface area contributed by atoms with Crippen molar-refractivity contribution in [2.45, 2.75) is 19.3 Å². The molecule has 2 atom stereocenters. The molecule has 1 aromatic rings.